The van der Waals surface area contributed by atoms with Gasteiger partial charge in [-0.1, -0.05) is 6.07 Å². The molecule has 1 amide bonds. The average molecular weight is 372 g/mol. The molecule has 0 aliphatic carbocycles. The van der Waals surface area contributed by atoms with Crippen LogP contribution in [0, 0.1) is 17.0 Å². The number of nitrogens with zero attached hydrogens (tertiary/aromatic N) is 5. The number of hydrogen-bond donors (Lipinski definition) is 1. The van der Waals surface area contributed by atoms with E-state index >= 15 is 0 Å². The second-order valence-electron chi connectivity index (χ2n) is 6.01. The minimum absolute atomic E-state index is 0.107. The molecule has 0 atom stereocenters. The van der Waals surface area contributed by atoms with E-state index in [0.717, 1.165) is 4.57 Å². The first-order valence-electron chi connectivity index (χ1n) is 7.87. The largest absolute Gasteiger partial charge is 0.332 e. The third-order valence-electron chi connectivity index (χ3n) is 4.31. The number of anilines is 1. The molecule has 2 aromatic heterocycles. The van der Waals surface area contributed by atoms with Gasteiger partial charge in [-0.2, -0.15) is 0 Å². The molecular formula is C16H16N6O5. The van der Waals surface area contributed by atoms with Crippen molar-refractivity contribution < 1.29 is 9.72 Å². The molecule has 0 aliphatic heterocycles. The van der Waals surface area contributed by atoms with E-state index in [9.17, 15) is 24.5 Å². The fourth-order valence-corrected chi connectivity index (χ4v) is 2.82. The smallest absolute Gasteiger partial charge is 0.324 e. The Morgan fingerprint density at radius 3 is 2.63 bits per heavy atom. The summed E-state index contributed by atoms with van der Waals surface area (Å²) in [4.78, 5) is 51.2. The Labute approximate surface area is 151 Å². The average Bonchev–Trinajstić information content (AvgIpc) is 3.03. The number of carbonyl (C=O) groups is 1. The summed E-state index contributed by atoms with van der Waals surface area (Å²) in [5.41, 5.74) is -0.277. The topological polar surface area (TPSA) is 134 Å². The number of hydrogen-bond acceptors (Lipinski definition) is 6. The first kappa shape index (κ1) is 18.0. The number of nitro benzene ring substituents is 1. The fraction of sp³-hybridized carbons (Fsp3) is 0.250. The molecule has 0 radical (unpaired) electrons. The number of benzene rings is 1. The van der Waals surface area contributed by atoms with E-state index in [0.29, 0.717) is 11.3 Å². The van der Waals surface area contributed by atoms with Gasteiger partial charge in [-0.15, -0.1) is 0 Å². The molecule has 0 saturated heterocycles. The number of aryl methyl sites for hydroxylation is 1. The van der Waals surface area contributed by atoms with Gasteiger partial charge in [0.15, 0.2) is 11.2 Å². The van der Waals surface area contributed by atoms with Crippen LogP contribution in [0.2, 0.25) is 0 Å². The number of imidazole rings is 1. The van der Waals surface area contributed by atoms with Crippen LogP contribution in [-0.4, -0.2) is 29.5 Å². The van der Waals surface area contributed by atoms with Crippen LogP contribution >= 0.6 is 0 Å². The highest BCUT2D eigenvalue weighted by atomic mass is 16.6. The van der Waals surface area contributed by atoms with Gasteiger partial charge in [0.05, 0.1) is 22.5 Å². The number of fused-ring (bicyclic) bond motifs is 1. The van der Waals surface area contributed by atoms with Crippen LogP contribution in [0.5, 0.6) is 0 Å². The molecular weight excluding hydrogens is 356 g/mol. The van der Waals surface area contributed by atoms with Crippen molar-refractivity contribution in [2.75, 3.05) is 5.32 Å². The molecule has 11 nitrogen and oxygen atoms in total. The molecule has 0 bridgehead atoms. The molecule has 1 aromatic carbocycles. The van der Waals surface area contributed by atoms with E-state index in [1.54, 1.807) is 6.07 Å². The van der Waals surface area contributed by atoms with Crippen LogP contribution < -0.4 is 16.6 Å². The van der Waals surface area contributed by atoms with Gasteiger partial charge in [-0.25, -0.2) is 9.78 Å². The number of rotatable bonds is 4. The standard InChI is InChI=1S/C16H16N6O5/c1-9-10(5-4-6-11(9)22(26)27)18-12(23)7-21-8-17-14-13(21)15(24)20(3)16(25)19(14)2/h4-6,8H,7H2,1-3H3,(H,18,23). The summed E-state index contributed by atoms with van der Waals surface area (Å²) in [5.74, 6) is -0.492. The number of carbonyl (C=O) groups excluding carboxylic acids is 1. The molecule has 0 unspecified atom stereocenters. The van der Waals surface area contributed by atoms with Gasteiger partial charge in [0.25, 0.3) is 11.2 Å². The lowest BCUT2D eigenvalue weighted by Gasteiger charge is -2.10. The lowest BCUT2D eigenvalue weighted by molar-refractivity contribution is -0.385. The summed E-state index contributed by atoms with van der Waals surface area (Å²) < 4.78 is 3.48. The van der Waals surface area contributed by atoms with Gasteiger partial charge in [0, 0.05) is 20.2 Å². The highest BCUT2D eigenvalue weighted by molar-refractivity contribution is 5.92. The third-order valence-corrected chi connectivity index (χ3v) is 4.31. The Morgan fingerprint density at radius 1 is 1.26 bits per heavy atom. The monoisotopic (exact) mass is 372 g/mol. The lowest BCUT2D eigenvalue weighted by atomic mass is 10.1. The second kappa shape index (κ2) is 6.52. The van der Waals surface area contributed by atoms with Crippen molar-refractivity contribution in [2.45, 2.75) is 13.5 Å². The van der Waals surface area contributed by atoms with Gasteiger partial charge in [0.2, 0.25) is 5.91 Å². The number of nitrogens with one attached hydrogen (secondary N) is 1. The third kappa shape index (κ3) is 2.99. The van der Waals surface area contributed by atoms with Crippen molar-refractivity contribution in [3.63, 3.8) is 0 Å². The predicted molar refractivity (Wildman–Crippen MR) is 96.7 cm³/mol. The van der Waals surface area contributed by atoms with E-state index in [1.807, 2.05) is 0 Å². The molecule has 27 heavy (non-hydrogen) atoms. The van der Waals surface area contributed by atoms with Crippen molar-refractivity contribution in [1.29, 1.82) is 0 Å². The lowest BCUT2D eigenvalue weighted by Crippen LogP contribution is -2.37. The predicted octanol–water partition coefficient (Wildman–Crippen LogP) is 0.289. The minimum Gasteiger partial charge on any atom is -0.324 e. The molecule has 11 heteroatoms. The van der Waals surface area contributed by atoms with Crippen molar-refractivity contribution in [2.24, 2.45) is 14.1 Å². The first-order valence-corrected chi connectivity index (χ1v) is 7.87. The zero-order chi connectivity index (χ0) is 19.9. The normalized spacial score (nSPS) is 10.9. The van der Waals surface area contributed by atoms with Gasteiger partial charge < -0.3 is 9.88 Å². The van der Waals surface area contributed by atoms with Gasteiger partial charge >= 0.3 is 5.69 Å². The number of nitro groups is 1. The highest BCUT2D eigenvalue weighted by Gasteiger charge is 2.18. The zero-order valence-corrected chi connectivity index (χ0v) is 14.8. The molecule has 3 rings (SSSR count). The summed E-state index contributed by atoms with van der Waals surface area (Å²) in [6.07, 6.45) is 1.30. The maximum Gasteiger partial charge on any atom is 0.332 e. The summed E-state index contributed by atoms with van der Waals surface area (Å²) in [6, 6.07) is 4.37. The van der Waals surface area contributed by atoms with Crippen molar-refractivity contribution in [3.8, 4) is 0 Å². The van der Waals surface area contributed by atoms with E-state index in [1.165, 1.54) is 48.6 Å². The summed E-state index contributed by atoms with van der Waals surface area (Å²) in [5, 5.41) is 13.6. The Kier molecular flexibility index (Phi) is 4.35. The van der Waals surface area contributed by atoms with Crippen LogP contribution in [0.25, 0.3) is 11.2 Å². The number of amides is 1. The van der Waals surface area contributed by atoms with E-state index < -0.39 is 22.1 Å². The maximum atomic E-state index is 12.4. The quantitative estimate of drug-likeness (QED) is 0.517. The molecule has 0 saturated carbocycles. The van der Waals surface area contributed by atoms with Crippen molar-refractivity contribution >= 4 is 28.4 Å². The minimum atomic E-state index is -0.565. The van der Waals surface area contributed by atoms with Gasteiger partial charge in [-0.3, -0.25) is 28.8 Å². The second-order valence-corrected chi connectivity index (χ2v) is 6.01. The highest BCUT2D eigenvalue weighted by Crippen LogP contribution is 2.25. The SMILES string of the molecule is Cc1c(NC(=O)Cn2cnc3c2c(=O)n(C)c(=O)n3C)cccc1[N+](=O)[O-]. The Bertz CT molecular complexity index is 1200. The van der Waals surface area contributed by atoms with Crippen LogP contribution in [-0.2, 0) is 25.4 Å². The molecule has 1 N–H and O–H groups in total. The van der Waals surface area contributed by atoms with Crippen LogP contribution in [0.3, 0.4) is 0 Å². The maximum absolute atomic E-state index is 12.4. The zero-order valence-electron chi connectivity index (χ0n) is 14.8. The summed E-state index contributed by atoms with van der Waals surface area (Å²) in [7, 11) is 2.82. The Morgan fingerprint density at radius 2 is 1.96 bits per heavy atom. The van der Waals surface area contributed by atoms with Gasteiger partial charge in [0.1, 0.15) is 6.54 Å². The molecule has 0 aliphatic rings. The van der Waals surface area contributed by atoms with E-state index in [4.69, 9.17) is 0 Å². The Balaban J connectivity index is 1.94. The molecule has 0 spiro atoms. The molecule has 0 fully saturated rings. The van der Waals surface area contributed by atoms with Crippen LogP contribution in [0.4, 0.5) is 11.4 Å². The fourth-order valence-electron chi connectivity index (χ4n) is 2.82. The molecule has 140 valence electrons. The first-order chi connectivity index (χ1) is 12.7. The van der Waals surface area contributed by atoms with Crippen LogP contribution in [0.15, 0.2) is 34.1 Å². The van der Waals surface area contributed by atoms with Crippen molar-refractivity contribution in [3.05, 3.63) is 61.0 Å². The Hall–Kier alpha value is -3.76. The summed E-state index contributed by atoms with van der Waals surface area (Å²) in [6.45, 7) is 1.29. The van der Waals surface area contributed by atoms with E-state index in [2.05, 4.69) is 10.3 Å². The number of aromatic nitrogens is 4. The summed E-state index contributed by atoms with van der Waals surface area (Å²) >= 11 is 0. The van der Waals surface area contributed by atoms with Gasteiger partial charge in [-0.05, 0) is 13.0 Å². The van der Waals surface area contributed by atoms with Crippen molar-refractivity contribution in [1.82, 2.24) is 18.7 Å². The molecule has 3 aromatic rings. The van der Waals surface area contributed by atoms with Crippen LogP contribution in [0.1, 0.15) is 5.56 Å². The molecule has 2 heterocycles. The van der Waals surface area contributed by atoms with E-state index in [-0.39, 0.29) is 23.4 Å².